The van der Waals surface area contributed by atoms with Gasteiger partial charge < -0.3 is 26.0 Å². The summed E-state index contributed by atoms with van der Waals surface area (Å²) in [6.45, 7) is 4.56. The molecule has 2 aromatic heterocycles. The third kappa shape index (κ3) is 3.98. The van der Waals surface area contributed by atoms with Crippen molar-refractivity contribution in [3.8, 4) is 10.6 Å². The third-order valence-corrected chi connectivity index (χ3v) is 6.54. The number of aliphatic hydroxyl groups is 3. The van der Waals surface area contributed by atoms with Crippen LogP contribution in [-0.4, -0.2) is 61.7 Å². The minimum Gasteiger partial charge on any atom is -0.396 e. The lowest BCUT2D eigenvalue weighted by molar-refractivity contribution is 0.00446. The molecule has 0 saturated heterocycles. The highest BCUT2D eigenvalue weighted by Gasteiger charge is 2.41. The van der Waals surface area contributed by atoms with E-state index in [1.807, 2.05) is 31.2 Å². The molecular weight excluding hydrogens is 402 g/mol. The summed E-state index contributed by atoms with van der Waals surface area (Å²) in [5.41, 5.74) is 2.47. The lowest BCUT2D eigenvalue weighted by Crippen LogP contribution is -2.35. The number of benzene rings is 1. The lowest BCUT2D eigenvalue weighted by Gasteiger charge is -2.21. The van der Waals surface area contributed by atoms with E-state index in [2.05, 4.69) is 27.5 Å². The van der Waals surface area contributed by atoms with Crippen LogP contribution in [0.3, 0.4) is 0 Å². The number of rotatable bonds is 7. The van der Waals surface area contributed by atoms with Crippen molar-refractivity contribution in [1.29, 1.82) is 0 Å². The molecule has 9 heteroatoms. The van der Waals surface area contributed by atoms with Crippen LogP contribution in [0.15, 0.2) is 24.3 Å². The maximum absolute atomic E-state index is 10.5. The molecule has 1 aliphatic rings. The van der Waals surface area contributed by atoms with E-state index in [0.29, 0.717) is 18.2 Å². The van der Waals surface area contributed by atoms with Crippen molar-refractivity contribution in [3.05, 3.63) is 30.0 Å². The quantitative estimate of drug-likeness (QED) is 0.388. The minimum absolute atomic E-state index is 0.173. The Bertz CT molecular complexity index is 994. The van der Waals surface area contributed by atoms with Gasteiger partial charge in [0.25, 0.3) is 0 Å². The number of para-hydroxylation sites is 1. The largest absolute Gasteiger partial charge is 0.396 e. The second-order valence-corrected chi connectivity index (χ2v) is 8.71. The van der Waals surface area contributed by atoms with Crippen LogP contribution in [0.25, 0.3) is 20.8 Å². The highest BCUT2D eigenvalue weighted by molar-refractivity contribution is 7.21. The number of fused-ring (bicyclic) bond motifs is 1. The molecule has 1 saturated carbocycles. The van der Waals surface area contributed by atoms with Crippen LogP contribution in [0, 0.1) is 12.8 Å². The molecule has 0 aliphatic heterocycles. The summed E-state index contributed by atoms with van der Waals surface area (Å²) < 4.78 is 1.07. The van der Waals surface area contributed by atoms with E-state index in [9.17, 15) is 15.3 Å². The molecule has 2 heterocycles. The highest BCUT2D eigenvalue weighted by Crippen LogP contribution is 2.38. The molecule has 4 atom stereocenters. The predicted octanol–water partition coefficient (Wildman–Crippen LogP) is 2.40. The standard InChI is InChI=1S/C21H27N5O3S/c1-3-8-22-21-23-11(2)16(20-25-13-6-4-5-7-15(13)30-20)19(26-21)24-14-9-12(10-27)17(28)18(14)29/h4-7,12,14,17-18,27-29H,3,8-10H2,1-2H3,(H2,22,23,24,26)/t12-,14-,17-,18+/m1/s1. The number of aryl methyl sites for hydroxylation is 1. The Morgan fingerprint density at radius 3 is 2.63 bits per heavy atom. The molecule has 8 nitrogen and oxygen atoms in total. The Morgan fingerprint density at radius 2 is 1.93 bits per heavy atom. The Labute approximate surface area is 179 Å². The first kappa shape index (κ1) is 20.9. The number of anilines is 2. The Morgan fingerprint density at radius 1 is 1.13 bits per heavy atom. The van der Waals surface area contributed by atoms with E-state index in [1.54, 1.807) is 11.3 Å². The molecule has 4 rings (SSSR count). The van der Waals surface area contributed by atoms with Crippen molar-refractivity contribution in [1.82, 2.24) is 15.0 Å². The second kappa shape index (κ2) is 8.81. The SMILES string of the molecule is CCCNc1nc(C)c(-c2nc3ccccc3s2)c(N[C@@H]2C[C@H](CO)[C@@H](O)[C@H]2O)n1. The summed E-state index contributed by atoms with van der Waals surface area (Å²) in [5.74, 6) is 0.701. The molecule has 3 aromatic rings. The van der Waals surface area contributed by atoms with Crippen molar-refractivity contribution >= 4 is 33.3 Å². The normalized spacial score (nSPS) is 23.8. The first-order valence-corrected chi connectivity index (χ1v) is 11.1. The van der Waals surface area contributed by atoms with Gasteiger partial charge in [-0.1, -0.05) is 19.1 Å². The summed E-state index contributed by atoms with van der Waals surface area (Å²) in [5, 5.41) is 37.5. The molecule has 0 spiro atoms. The van der Waals surface area contributed by atoms with Crippen molar-refractivity contribution < 1.29 is 15.3 Å². The zero-order valence-corrected chi connectivity index (χ0v) is 17.9. The fraction of sp³-hybridized carbons (Fsp3) is 0.476. The Kier molecular flexibility index (Phi) is 6.14. The van der Waals surface area contributed by atoms with E-state index < -0.39 is 18.2 Å². The Hall–Kier alpha value is -2.33. The van der Waals surface area contributed by atoms with Crippen LogP contribution in [0.5, 0.6) is 0 Å². The van der Waals surface area contributed by atoms with E-state index in [1.165, 1.54) is 0 Å². The summed E-state index contributed by atoms with van der Waals surface area (Å²) in [7, 11) is 0. The molecule has 0 bridgehead atoms. The molecular formula is C21H27N5O3S. The first-order chi connectivity index (χ1) is 14.5. The number of nitrogens with one attached hydrogen (secondary N) is 2. The molecule has 0 unspecified atom stereocenters. The molecule has 1 aromatic carbocycles. The average molecular weight is 430 g/mol. The van der Waals surface area contributed by atoms with Gasteiger partial charge >= 0.3 is 0 Å². The monoisotopic (exact) mass is 429 g/mol. The maximum atomic E-state index is 10.5. The highest BCUT2D eigenvalue weighted by atomic mass is 32.1. The molecule has 1 aliphatic carbocycles. The fourth-order valence-corrected chi connectivity index (χ4v) is 4.92. The maximum Gasteiger partial charge on any atom is 0.224 e. The second-order valence-electron chi connectivity index (χ2n) is 7.68. The van der Waals surface area contributed by atoms with Gasteiger partial charge in [0.15, 0.2) is 0 Å². The fourth-order valence-electron chi connectivity index (χ4n) is 3.85. The van der Waals surface area contributed by atoms with Gasteiger partial charge in [0.1, 0.15) is 16.9 Å². The van der Waals surface area contributed by atoms with Crippen LogP contribution >= 0.6 is 11.3 Å². The number of aromatic nitrogens is 3. The van der Waals surface area contributed by atoms with E-state index >= 15 is 0 Å². The van der Waals surface area contributed by atoms with Gasteiger partial charge in [-0.15, -0.1) is 11.3 Å². The van der Waals surface area contributed by atoms with Gasteiger partial charge in [0.05, 0.1) is 33.6 Å². The molecule has 1 fully saturated rings. The first-order valence-electron chi connectivity index (χ1n) is 10.2. The van der Waals surface area contributed by atoms with Gasteiger partial charge in [-0.3, -0.25) is 0 Å². The summed E-state index contributed by atoms with van der Waals surface area (Å²) in [6, 6.07) is 7.50. The summed E-state index contributed by atoms with van der Waals surface area (Å²) >= 11 is 1.56. The van der Waals surface area contributed by atoms with Crippen LogP contribution in [0.1, 0.15) is 25.5 Å². The summed E-state index contributed by atoms with van der Waals surface area (Å²) in [6.07, 6.45) is -0.582. The van der Waals surface area contributed by atoms with Crippen molar-refractivity contribution in [2.24, 2.45) is 5.92 Å². The van der Waals surface area contributed by atoms with Crippen LogP contribution in [0.2, 0.25) is 0 Å². The number of hydrogen-bond acceptors (Lipinski definition) is 9. The third-order valence-electron chi connectivity index (χ3n) is 5.49. The Balaban J connectivity index is 1.75. The lowest BCUT2D eigenvalue weighted by atomic mass is 10.1. The molecule has 30 heavy (non-hydrogen) atoms. The van der Waals surface area contributed by atoms with Gasteiger partial charge in [0, 0.05) is 19.1 Å². The smallest absolute Gasteiger partial charge is 0.224 e. The number of aliphatic hydroxyl groups excluding tert-OH is 3. The molecule has 5 N–H and O–H groups in total. The van der Waals surface area contributed by atoms with Gasteiger partial charge in [-0.2, -0.15) is 4.98 Å². The van der Waals surface area contributed by atoms with E-state index in [0.717, 1.165) is 39.4 Å². The van der Waals surface area contributed by atoms with Gasteiger partial charge in [-0.25, -0.2) is 9.97 Å². The van der Waals surface area contributed by atoms with Crippen LogP contribution < -0.4 is 10.6 Å². The van der Waals surface area contributed by atoms with Gasteiger partial charge in [-0.05, 0) is 31.9 Å². The van der Waals surface area contributed by atoms with Crippen LogP contribution in [0.4, 0.5) is 11.8 Å². The topological polar surface area (TPSA) is 123 Å². The average Bonchev–Trinajstić information content (AvgIpc) is 3.28. The number of thiazole rings is 1. The number of hydrogen-bond donors (Lipinski definition) is 5. The van der Waals surface area contributed by atoms with Crippen molar-refractivity contribution in [2.75, 3.05) is 23.8 Å². The molecule has 160 valence electrons. The molecule has 0 radical (unpaired) electrons. The summed E-state index contributed by atoms with van der Waals surface area (Å²) in [4.78, 5) is 14.0. The van der Waals surface area contributed by atoms with E-state index in [-0.39, 0.29) is 12.5 Å². The zero-order valence-electron chi connectivity index (χ0n) is 17.0. The van der Waals surface area contributed by atoms with Crippen molar-refractivity contribution in [2.45, 2.75) is 44.9 Å². The van der Waals surface area contributed by atoms with Crippen LogP contribution in [-0.2, 0) is 0 Å². The van der Waals surface area contributed by atoms with Gasteiger partial charge in [0.2, 0.25) is 5.95 Å². The predicted molar refractivity (Wildman–Crippen MR) is 119 cm³/mol. The zero-order chi connectivity index (χ0) is 21.3. The molecule has 0 amide bonds. The van der Waals surface area contributed by atoms with Crippen molar-refractivity contribution in [3.63, 3.8) is 0 Å². The minimum atomic E-state index is -0.993. The number of nitrogens with zero attached hydrogens (tertiary/aromatic N) is 3. The van der Waals surface area contributed by atoms with E-state index in [4.69, 9.17) is 4.98 Å².